The van der Waals surface area contributed by atoms with E-state index < -0.39 is 0 Å². The van der Waals surface area contributed by atoms with Crippen LogP contribution in [0.2, 0.25) is 0 Å². The van der Waals surface area contributed by atoms with Gasteiger partial charge in [-0.3, -0.25) is 0 Å². The van der Waals surface area contributed by atoms with E-state index in [2.05, 4.69) is 25.9 Å². The Labute approximate surface area is 82.5 Å². The molecule has 1 unspecified atom stereocenters. The summed E-state index contributed by atoms with van der Waals surface area (Å²) < 4.78 is 0. The summed E-state index contributed by atoms with van der Waals surface area (Å²) in [5.74, 6) is 1.79. The molecule has 1 rings (SSSR count). The van der Waals surface area contributed by atoms with Crippen molar-refractivity contribution in [3.8, 4) is 0 Å². The summed E-state index contributed by atoms with van der Waals surface area (Å²) in [6.07, 6.45) is 5.55. The SMILES string of the molecule is CC1CCC(C(CN)N(C)C)CC1. The number of hydrogen-bond acceptors (Lipinski definition) is 2. The first-order chi connectivity index (χ1) is 6.15. The van der Waals surface area contributed by atoms with E-state index in [1.807, 2.05) is 0 Å². The molecule has 0 amide bonds. The summed E-state index contributed by atoms with van der Waals surface area (Å²) in [4.78, 5) is 2.29. The third-order valence-corrected chi connectivity index (χ3v) is 3.51. The van der Waals surface area contributed by atoms with Crippen molar-refractivity contribution in [2.45, 2.75) is 38.6 Å². The van der Waals surface area contributed by atoms with Crippen LogP contribution in [-0.2, 0) is 0 Å². The van der Waals surface area contributed by atoms with Gasteiger partial charge in [-0.1, -0.05) is 19.8 Å². The zero-order valence-corrected chi connectivity index (χ0v) is 9.29. The summed E-state index contributed by atoms with van der Waals surface area (Å²) in [7, 11) is 4.30. The molecule has 0 spiro atoms. The zero-order chi connectivity index (χ0) is 9.84. The van der Waals surface area contributed by atoms with Crippen molar-refractivity contribution in [2.24, 2.45) is 17.6 Å². The Balaban J connectivity index is 2.41. The monoisotopic (exact) mass is 184 g/mol. The van der Waals surface area contributed by atoms with Crippen LogP contribution in [0.1, 0.15) is 32.6 Å². The highest BCUT2D eigenvalue weighted by atomic mass is 15.1. The van der Waals surface area contributed by atoms with Crippen LogP contribution in [0.25, 0.3) is 0 Å². The van der Waals surface area contributed by atoms with E-state index in [1.54, 1.807) is 0 Å². The van der Waals surface area contributed by atoms with Gasteiger partial charge in [0.1, 0.15) is 0 Å². The number of likely N-dealkylation sites (N-methyl/N-ethyl adjacent to an activating group) is 1. The molecule has 1 atom stereocenters. The standard InChI is InChI=1S/C11H24N2/c1-9-4-6-10(7-5-9)11(8-12)13(2)3/h9-11H,4-8,12H2,1-3H3. The molecule has 1 aliphatic rings. The lowest BCUT2D eigenvalue weighted by Gasteiger charge is -2.35. The van der Waals surface area contributed by atoms with Gasteiger partial charge in [0.15, 0.2) is 0 Å². The maximum Gasteiger partial charge on any atom is 0.0240 e. The summed E-state index contributed by atoms with van der Waals surface area (Å²) in [5, 5.41) is 0. The Kier molecular flexibility index (Phi) is 4.20. The second-order valence-electron chi connectivity index (χ2n) is 4.79. The fraction of sp³-hybridized carbons (Fsp3) is 1.00. The first kappa shape index (κ1) is 11.0. The summed E-state index contributed by atoms with van der Waals surface area (Å²) in [6.45, 7) is 3.18. The molecular weight excluding hydrogens is 160 g/mol. The van der Waals surface area contributed by atoms with Gasteiger partial charge < -0.3 is 10.6 Å². The zero-order valence-electron chi connectivity index (χ0n) is 9.29. The van der Waals surface area contributed by atoms with Gasteiger partial charge in [0.05, 0.1) is 0 Å². The molecule has 1 fully saturated rings. The Morgan fingerprint density at radius 2 is 1.77 bits per heavy atom. The molecule has 0 bridgehead atoms. The van der Waals surface area contributed by atoms with Gasteiger partial charge in [-0.05, 0) is 38.8 Å². The van der Waals surface area contributed by atoms with Crippen LogP contribution in [0.4, 0.5) is 0 Å². The van der Waals surface area contributed by atoms with Crippen molar-refractivity contribution in [1.29, 1.82) is 0 Å². The molecule has 0 radical (unpaired) electrons. The van der Waals surface area contributed by atoms with Crippen LogP contribution in [0.3, 0.4) is 0 Å². The summed E-state index contributed by atoms with van der Waals surface area (Å²) in [6, 6.07) is 0.604. The topological polar surface area (TPSA) is 29.3 Å². The normalized spacial score (nSPS) is 32.1. The minimum absolute atomic E-state index is 0.604. The number of hydrogen-bond donors (Lipinski definition) is 1. The van der Waals surface area contributed by atoms with E-state index in [0.29, 0.717) is 6.04 Å². The van der Waals surface area contributed by atoms with Crippen molar-refractivity contribution in [3.05, 3.63) is 0 Å². The quantitative estimate of drug-likeness (QED) is 0.723. The van der Waals surface area contributed by atoms with Crippen LogP contribution < -0.4 is 5.73 Å². The second kappa shape index (κ2) is 4.97. The molecule has 1 saturated carbocycles. The number of rotatable bonds is 3. The van der Waals surface area contributed by atoms with Crippen LogP contribution in [-0.4, -0.2) is 31.6 Å². The third-order valence-electron chi connectivity index (χ3n) is 3.51. The Morgan fingerprint density at radius 3 is 2.15 bits per heavy atom. The van der Waals surface area contributed by atoms with Gasteiger partial charge in [0, 0.05) is 12.6 Å². The highest BCUT2D eigenvalue weighted by Crippen LogP contribution is 2.31. The predicted octanol–water partition coefficient (Wildman–Crippen LogP) is 1.70. The van der Waals surface area contributed by atoms with Crippen molar-refractivity contribution < 1.29 is 0 Å². The van der Waals surface area contributed by atoms with Crippen LogP contribution in [0.5, 0.6) is 0 Å². The molecule has 0 aliphatic heterocycles. The van der Waals surface area contributed by atoms with Gasteiger partial charge >= 0.3 is 0 Å². The maximum atomic E-state index is 5.80. The van der Waals surface area contributed by atoms with E-state index in [4.69, 9.17) is 5.73 Å². The molecule has 0 heterocycles. The highest BCUT2D eigenvalue weighted by Gasteiger charge is 2.26. The van der Waals surface area contributed by atoms with Gasteiger partial charge in [-0.25, -0.2) is 0 Å². The van der Waals surface area contributed by atoms with Crippen molar-refractivity contribution in [1.82, 2.24) is 4.90 Å². The molecule has 13 heavy (non-hydrogen) atoms. The van der Waals surface area contributed by atoms with E-state index in [-0.39, 0.29) is 0 Å². The van der Waals surface area contributed by atoms with E-state index in [9.17, 15) is 0 Å². The molecule has 2 nitrogen and oxygen atoms in total. The third kappa shape index (κ3) is 2.96. The fourth-order valence-electron chi connectivity index (χ4n) is 2.50. The van der Waals surface area contributed by atoms with E-state index in [1.165, 1.54) is 25.7 Å². The molecule has 0 aromatic carbocycles. The largest absolute Gasteiger partial charge is 0.329 e. The average molecular weight is 184 g/mol. The molecule has 2 N–H and O–H groups in total. The average Bonchev–Trinajstić information content (AvgIpc) is 2.09. The summed E-state index contributed by atoms with van der Waals surface area (Å²) in [5.41, 5.74) is 5.80. The van der Waals surface area contributed by atoms with Crippen LogP contribution >= 0.6 is 0 Å². The molecule has 1 aliphatic carbocycles. The first-order valence-corrected chi connectivity index (χ1v) is 5.51. The Bertz CT molecular complexity index is 137. The Morgan fingerprint density at radius 1 is 1.23 bits per heavy atom. The van der Waals surface area contributed by atoms with Gasteiger partial charge in [0.25, 0.3) is 0 Å². The van der Waals surface area contributed by atoms with Gasteiger partial charge in [-0.15, -0.1) is 0 Å². The lowest BCUT2D eigenvalue weighted by molar-refractivity contribution is 0.157. The van der Waals surface area contributed by atoms with Gasteiger partial charge in [-0.2, -0.15) is 0 Å². The van der Waals surface area contributed by atoms with E-state index >= 15 is 0 Å². The molecule has 0 aromatic rings. The fourth-order valence-corrected chi connectivity index (χ4v) is 2.50. The minimum Gasteiger partial charge on any atom is -0.329 e. The molecule has 0 saturated heterocycles. The van der Waals surface area contributed by atoms with Crippen molar-refractivity contribution in [3.63, 3.8) is 0 Å². The highest BCUT2D eigenvalue weighted by molar-refractivity contribution is 4.81. The predicted molar refractivity (Wildman–Crippen MR) is 57.7 cm³/mol. The first-order valence-electron chi connectivity index (χ1n) is 5.51. The maximum absolute atomic E-state index is 5.80. The second-order valence-corrected chi connectivity index (χ2v) is 4.79. The van der Waals surface area contributed by atoms with Gasteiger partial charge in [0.2, 0.25) is 0 Å². The van der Waals surface area contributed by atoms with E-state index in [0.717, 1.165) is 18.4 Å². The molecule has 0 aromatic heterocycles. The molecule has 78 valence electrons. The van der Waals surface area contributed by atoms with Crippen LogP contribution in [0, 0.1) is 11.8 Å². The lowest BCUT2D eigenvalue weighted by atomic mass is 9.79. The number of nitrogens with zero attached hydrogens (tertiary/aromatic N) is 1. The summed E-state index contributed by atoms with van der Waals surface area (Å²) >= 11 is 0. The van der Waals surface area contributed by atoms with Crippen molar-refractivity contribution in [2.75, 3.05) is 20.6 Å². The van der Waals surface area contributed by atoms with Crippen LogP contribution in [0.15, 0.2) is 0 Å². The number of nitrogens with two attached hydrogens (primary N) is 1. The lowest BCUT2D eigenvalue weighted by Crippen LogP contribution is -2.42. The smallest absolute Gasteiger partial charge is 0.0240 e. The minimum atomic E-state index is 0.604. The Hall–Kier alpha value is -0.0800. The molecular formula is C11H24N2. The van der Waals surface area contributed by atoms with Crippen molar-refractivity contribution >= 4 is 0 Å². The molecule has 2 heteroatoms.